The molecule has 7 heteroatoms. The van der Waals surface area contributed by atoms with E-state index in [1.807, 2.05) is 55.1 Å². The average Bonchev–Trinajstić information content (AvgIpc) is 3.66. The first-order valence-electron chi connectivity index (χ1n) is 14.8. The van der Waals surface area contributed by atoms with E-state index in [9.17, 15) is 0 Å². The summed E-state index contributed by atoms with van der Waals surface area (Å²) in [6.07, 6.45) is 1.88. The average molecular weight is 770 g/mol. The Bertz CT molecular complexity index is 2390. The van der Waals surface area contributed by atoms with E-state index in [0.717, 1.165) is 61.1 Å². The van der Waals surface area contributed by atoms with Crippen LogP contribution in [0.4, 0.5) is 0 Å². The van der Waals surface area contributed by atoms with Gasteiger partial charge in [-0.25, -0.2) is 4.98 Å². The Hall–Kier alpha value is -4.67. The molecule has 0 aliphatic heterocycles. The van der Waals surface area contributed by atoms with Crippen LogP contribution >= 0.6 is 0 Å². The molecule has 0 aliphatic carbocycles. The van der Waals surface area contributed by atoms with Crippen LogP contribution in [0.2, 0.25) is 0 Å². The van der Waals surface area contributed by atoms with Gasteiger partial charge in [-0.2, -0.15) is 11.2 Å². The zero-order valence-corrected chi connectivity index (χ0v) is 27.9. The quantitative estimate of drug-likeness (QED) is 0.168. The van der Waals surface area contributed by atoms with Crippen molar-refractivity contribution in [2.24, 2.45) is 0 Å². The van der Waals surface area contributed by atoms with Crippen LogP contribution in [0.1, 0.15) is 37.7 Å². The minimum absolute atomic E-state index is 0. The Morgan fingerprint density at radius 1 is 0.778 bits per heavy atom. The van der Waals surface area contributed by atoms with Gasteiger partial charge in [0.1, 0.15) is 11.4 Å². The number of furan rings is 1. The van der Waals surface area contributed by atoms with Crippen molar-refractivity contribution >= 4 is 43.7 Å². The molecule has 0 radical (unpaired) electrons. The molecule has 0 saturated heterocycles. The van der Waals surface area contributed by atoms with Gasteiger partial charge in [-0.05, 0) is 71.6 Å². The first-order chi connectivity index (χ1) is 21.2. The Morgan fingerprint density at radius 2 is 1.56 bits per heavy atom. The maximum Gasteiger partial charge on any atom is 2.00 e. The number of hydrogen-bond acceptors (Lipinski definition) is 4. The van der Waals surface area contributed by atoms with E-state index in [1.165, 1.54) is 5.56 Å². The molecule has 224 valence electrons. The standard InChI is InChI=1S/C38H30N4O2.Pt/c1-23-18-24(2)42(40-23)33-21-27(22-35-37(33)30-11-7-9-13-34(30)44-35)43-26-14-15-29-28-10-6-8-12-31(28)41(32(29)20-26)36-19-25(16-17-39-36)38(3,4)5;/h6-19,22H,1-5H3;/q-2;+2. The van der Waals surface area contributed by atoms with Crippen LogP contribution in [0.5, 0.6) is 11.5 Å². The van der Waals surface area contributed by atoms with Gasteiger partial charge in [-0.3, -0.25) is 4.68 Å². The van der Waals surface area contributed by atoms with Crippen molar-refractivity contribution in [3.8, 4) is 23.0 Å². The van der Waals surface area contributed by atoms with Crippen molar-refractivity contribution in [1.82, 2.24) is 19.3 Å². The summed E-state index contributed by atoms with van der Waals surface area (Å²) in [5.74, 6) is 1.93. The third kappa shape index (κ3) is 4.85. The Morgan fingerprint density at radius 3 is 2.33 bits per heavy atom. The van der Waals surface area contributed by atoms with Gasteiger partial charge in [-0.1, -0.05) is 74.1 Å². The van der Waals surface area contributed by atoms with Crippen molar-refractivity contribution in [3.05, 3.63) is 120 Å². The molecule has 0 unspecified atom stereocenters. The fraction of sp³-hybridized carbons (Fsp3) is 0.158. The molecule has 6 nitrogen and oxygen atoms in total. The number of benzene rings is 4. The SMILES string of the molecule is Cc1cc(C)n(-c2[c-]c(Oc3[c-]c4c(cc3)c3ccccc3n4-c3cc(C(C)(C)C)ccn3)cc3oc4ccccc4c23)n1.[Pt+2]. The number of rotatable bonds is 4. The van der Waals surface area contributed by atoms with Gasteiger partial charge >= 0.3 is 21.1 Å². The molecule has 0 atom stereocenters. The van der Waals surface area contributed by atoms with Crippen molar-refractivity contribution in [2.75, 3.05) is 0 Å². The van der Waals surface area contributed by atoms with Crippen LogP contribution in [-0.2, 0) is 26.5 Å². The van der Waals surface area contributed by atoms with Crippen molar-refractivity contribution < 1.29 is 30.2 Å². The van der Waals surface area contributed by atoms with E-state index >= 15 is 0 Å². The van der Waals surface area contributed by atoms with E-state index in [4.69, 9.17) is 19.2 Å². The molecule has 0 saturated carbocycles. The second-order valence-electron chi connectivity index (χ2n) is 12.4. The maximum atomic E-state index is 6.52. The number of fused-ring (bicyclic) bond motifs is 6. The van der Waals surface area contributed by atoms with Crippen LogP contribution in [0.15, 0.2) is 95.5 Å². The summed E-state index contributed by atoms with van der Waals surface area (Å²) in [7, 11) is 0. The topological polar surface area (TPSA) is 58.0 Å². The van der Waals surface area contributed by atoms with Crippen molar-refractivity contribution in [3.63, 3.8) is 0 Å². The summed E-state index contributed by atoms with van der Waals surface area (Å²) >= 11 is 0. The molecular formula is C38H30N4O2Pt. The Balaban J connectivity index is 0.00000325. The van der Waals surface area contributed by atoms with Crippen LogP contribution in [0, 0.1) is 26.0 Å². The van der Waals surface area contributed by atoms with Gasteiger partial charge in [0, 0.05) is 34.5 Å². The fourth-order valence-electron chi connectivity index (χ4n) is 6.11. The maximum absolute atomic E-state index is 6.52. The number of ether oxygens (including phenoxy) is 1. The second kappa shape index (κ2) is 10.7. The third-order valence-corrected chi connectivity index (χ3v) is 8.20. The first kappa shape index (κ1) is 29.1. The molecule has 4 aromatic carbocycles. The summed E-state index contributed by atoms with van der Waals surface area (Å²) in [6, 6.07) is 35.7. The van der Waals surface area contributed by atoms with Crippen molar-refractivity contribution in [2.45, 2.75) is 40.0 Å². The Kier molecular flexibility index (Phi) is 6.94. The van der Waals surface area contributed by atoms with Crippen molar-refractivity contribution in [1.29, 1.82) is 0 Å². The minimum Gasteiger partial charge on any atom is -0.509 e. The monoisotopic (exact) mass is 769 g/mol. The van der Waals surface area contributed by atoms with Crippen LogP contribution in [-0.4, -0.2) is 19.3 Å². The van der Waals surface area contributed by atoms with E-state index in [1.54, 1.807) is 0 Å². The molecule has 45 heavy (non-hydrogen) atoms. The molecule has 0 aliphatic rings. The summed E-state index contributed by atoms with van der Waals surface area (Å²) < 4.78 is 16.9. The normalized spacial score (nSPS) is 11.9. The molecule has 0 N–H and O–H groups in total. The number of pyridine rings is 1. The molecule has 8 rings (SSSR count). The third-order valence-electron chi connectivity index (χ3n) is 8.20. The predicted molar refractivity (Wildman–Crippen MR) is 175 cm³/mol. The molecule has 0 fully saturated rings. The van der Waals surface area contributed by atoms with Gasteiger partial charge in [0.2, 0.25) is 0 Å². The molecule has 4 heterocycles. The van der Waals surface area contributed by atoms with Crippen LogP contribution in [0.25, 0.3) is 55.2 Å². The van der Waals surface area contributed by atoms with E-state index in [2.05, 4.69) is 92.1 Å². The van der Waals surface area contributed by atoms with Crippen LogP contribution in [0.3, 0.4) is 0 Å². The van der Waals surface area contributed by atoms with Gasteiger partial charge in [-0.15, -0.1) is 23.6 Å². The predicted octanol–water partition coefficient (Wildman–Crippen LogP) is 9.57. The zero-order valence-electron chi connectivity index (χ0n) is 25.6. The molecular weight excluding hydrogens is 740 g/mol. The van der Waals surface area contributed by atoms with E-state index in [0.29, 0.717) is 17.1 Å². The van der Waals surface area contributed by atoms with Gasteiger partial charge in [0.15, 0.2) is 0 Å². The second-order valence-corrected chi connectivity index (χ2v) is 12.4. The summed E-state index contributed by atoms with van der Waals surface area (Å²) in [5.41, 5.74) is 7.39. The molecule has 8 aromatic rings. The fourth-order valence-corrected chi connectivity index (χ4v) is 6.11. The molecule has 0 spiro atoms. The zero-order chi connectivity index (χ0) is 30.2. The molecule has 0 bridgehead atoms. The van der Waals surface area contributed by atoms with Gasteiger partial charge < -0.3 is 13.7 Å². The summed E-state index contributed by atoms with van der Waals surface area (Å²) in [5, 5.41) is 8.94. The largest absolute Gasteiger partial charge is 2.00 e. The van der Waals surface area contributed by atoms with Gasteiger partial charge in [0.25, 0.3) is 0 Å². The number of aromatic nitrogens is 4. The van der Waals surface area contributed by atoms with E-state index in [-0.39, 0.29) is 26.5 Å². The molecule has 0 amide bonds. The number of nitrogens with zero attached hydrogens (tertiary/aromatic N) is 4. The molecule has 4 aromatic heterocycles. The van der Waals surface area contributed by atoms with Crippen LogP contribution < -0.4 is 4.74 Å². The number of para-hydroxylation sites is 2. The van der Waals surface area contributed by atoms with E-state index < -0.39 is 0 Å². The summed E-state index contributed by atoms with van der Waals surface area (Å²) in [4.78, 5) is 4.79. The number of hydrogen-bond donors (Lipinski definition) is 0. The number of aryl methyl sites for hydroxylation is 2. The first-order valence-corrected chi connectivity index (χ1v) is 14.8. The smallest absolute Gasteiger partial charge is 0.509 e. The Labute approximate surface area is 275 Å². The van der Waals surface area contributed by atoms with Gasteiger partial charge in [0.05, 0.1) is 5.69 Å². The minimum atomic E-state index is -0.0112. The summed E-state index contributed by atoms with van der Waals surface area (Å²) in [6.45, 7) is 10.7.